The molecule has 1 fully saturated rings. The van der Waals surface area contributed by atoms with Crippen molar-refractivity contribution < 1.29 is 36.7 Å². The fraction of sp³-hybridized carbons (Fsp3) is 0.357. The smallest absolute Gasteiger partial charge is 0.383 e. The molecule has 0 radical (unpaired) electrons. The zero-order valence-corrected chi connectivity index (χ0v) is 23.5. The Labute approximate surface area is 243 Å². The second-order valence-electron chi connectivity index (χ2n) is 9.51. The molecule has 9 nitrogen and oxygen atoms in total. The Morgan fingerprint density at radius 2 is 1.79 bits per heavy atom. The molecule has 1 aliphatic heterocycles. The molecule has 2 aromatic carbocycles. The number of amides is 3. The van der Waals surface area contributed by atoms with Gasteiger partial charge in [0.2, 0.25) is 11.8 Å². The van der Waals surface area contributed by atoms with Crippen LogP contribution in [0.5, 0.6) is 0 Å². The average molecular weight is 608 g/mol. The van der Waals surface area contributed by atoms with Gasteiger partial charge in [-0.3, -0.25) is 14.4 Å². The molecule has 3 aromatic rings. The van der Waals surface area contributed by atoms with Gasteiger partial charge in [-0.1, -0.05) is 6.07 Å². The standard InChI is InChI=1S/C28H29F4N5O4S/c1-41-14-13-37(26(40)19-5-7-21(29)8-6-19)17-24(38)34-27-33-22(18-42-27)16-25(39)36-11-9-35(10-12-36)23-4-2-3-20(15-23)28(30,31)32/h2-8,15,18H,9-14,16-17H2,1H3,(H,33,34,38). The summed E-state index contributed by atoms with van der Waals surface area (Å²) < 4.78 is 57.5. The van der Waals surface area contributed by atoms with Crippen LogP contribution in [0.2, 0.25) is 0 Å². The number of piperazine rings is 1. The molecule has 1 aliphatic rings. The first-order valence-electron chi connectivity index (χ1n) is 13.0. The molecule has 0 bridgehead atoms. The Bertz CT molecular complexity index is 1390. The Balaban J connectivity index is 1.28. The van der Waals surface area contributed by atoms with Crippen LogP contribution >= 0.6 is 11.3 Å². The summed E-state index contributed by atoms with van der Waals surface area (Å²) in [5, 5.41) is 4.55. The van der Waals surface area contributed by atoms with Crippen molar-refractivity contribution in [1.29, 1.82) is 0 Å². The Morgan fingerprint density at radius 3 is 2.45 bits per heavy atom. The first kappa shape index (κ1) is 30.9. The highest BCUT2D eigenvalue weighted by Gasteiger charge is 2.31. The minimum Gasteiger partial charge on any atom is -0.383 e. The van der Waals surface area contributed by atoms with Crippen LogP contribution in [0.15, 0.2) is 53.9 Å². The van der Waals surface area contributed by atoms with Crippen molar-refractivity contribution in [2.45, 2.75) is 12.6 Å². The summed E-state index contributed by atoms with van der Waals surface area (Å²) in [5.41, 5.74) is 0.425. The van der Waals surface area contributed by atoms with Crippen LogP contribution in [0.3, 0.4) is 0 Å². The molecule has 42 heavy (non-hydrogen) atoms. The topological polar surface area (TPSA) is 95.1 Å². The van der Waals surface area contributed by atoms with Gasteiger partial charge in [0, 0.05) is 56.5 Å². The fourth-order valence-corrected chi connectivity index (χ4v) is 5.09. The summed E-state index contributed by atoms with van der Waals surface area (Å²) in [6, 6.07) is 10.1. The summed E-state index contributed by atoms with van der Waals surface area (Å²) in [4.78, 5) is 47.4. The van der Waals surface area contributed by atoms with Crippen molar-refractivity contribution >= 4 is 39.9 Å². The fourth-order valence-electron chi connectivity index (χ4n) is 4.37. The van der Waals surface area contributed by atoms with E-state index in [1.807, 2.05) is 4.90 Å². The largest absolute Gasteiger partial charge is 0.416 e. The number of hydrogen-bond acceptors (Lipinski definition) is 7. The van der Waals surface area contributed by atoms with E-state index in [4.69, 9.17) is 4.74 Å². The number of rotatable bonds is 10. The molecule has 0 atom stereocenters. The molecule has 14 heteroatoms. The predicted octanol–water partition coefficient (Wildman–Crippen LogP) is 3.92. The lowest BCUT2D eigenvalue weighted by atomic mass is 10.1. The normalized spacial score (nSPS) is 13.6. The van der Waals surface area contributed by atoms with E-state index < -0.39 is 29.4 Å². The van der Waals surface area contributed by atoms with Crippen molar-refractivity contribution in [3.63, 3.8) is 0 Å². The summed E-state index contributed by atoms with van der Waals surface area (Å²) in [6.45, 7) is 1.52. The van der Waals surface area contributed by atoms with Gasteiger partial charge in [-0.2, -0.15) is 13.2 Å². The van der Waals surface area contributed by atoms with Crippen LogP contribution < -0.4 is 10.2 Å². The molecule has 0 spiro atoms. The lowest BCUT2D eigenvalue weighted by molar-refractivity contribution is -0.137. The van der Waals surface area contributed by atoms with Gasteiger partial charge in [0.15, 0.2) is 5.13 Å². The molecule has 1 saturated heterocycles. The number of nitrogens with one attached hydrogen (secondary N) is 1. The maximum Gasteiger partial charge on any atom is 0.416 e. The number of hydrogen-bond donors (Lipinski definition) is 1. The van der Waals surface area contributed by atoms with Crippen LogP contribution in [0, 0.1) is 5.82 Å². The van der Waals surface area contributed by atoms with E-state index in [1.165, 1.54) is 30.2 Å². The van der Waals surface area contributed by atoms with E-state index in [0.29, 0.717) is 37.6 Å². The maximum absolute atomic E-state index is 13.2. The zero-order valence-electron chi connectivity index (χ0n) is 22.7. The quantitative estimate of drug-likeness (QED) is 0.351. The zero-order chi connectivity index (χ0) is 30.3. The number of carbonyl (C=O) groups is 3. The Morgan fingerprint density at radius 1 is 1.07 bits per heavy atom. The summed E-state index contributed by atoms with van der Waals surface area (Å²) in [7, 11) is 1.47. The minimum absolute atomic E-state index is 0.00105. The molecule has 4 rings (SSSR count). The minimum atomic E-state index is -4.43. The van der Waals surface area contributed by atoms with Crippen molar-refractivity contribution in [1.82, 2.24) is 14.8 Å². The van der Waals surface area contributed by atoms with E-state index in [-0.39, 0.29) is 42.7 Å². The maximum atomic E-state index is 13.2. The van der Waals surface area contributed by atoms with E-state index in [1.54, 1.807) is 16.3 Å². The van der Waals surface area contributed by atoms with Gasteiger partial charge < -0.3 is 24.8 Å². The van der Waals surface area contributed by atoms with Gasteiger partial charge in [0.25, 0.3) is 5.91 Å². The number of benzene rings is 2. The number of aromatic nitrogens is 1. The number of methoxy groups -OCH3 is 1. The van der Waals surface area contributed by atoms with Gasteiger partial charge in [-0.25, -0.2) is 9.37 Å². The van der Waals surface area contributed by atoms with E-state index in [2.05, 4.69) is 10.3 Å². The van der Waals surface area contributed by atoms with Gasteiger partial charge in [-0.15, -0.1) is 11.3 Å². The first-order chi connectivity index (χ1) is 20.0. The van der Waals surface area contributed by atoms with Gasteiger partial charge in [0.05, 0.1) is 24.3 Å². The van der Waals surface area contributed by atoms with E-state index in [9.17, 15) is 31.9 Å². The van der Waals surface area contributed by atoms with Crippen LogP contribution in [0.4, 0.5) is 28.4 Å². The second-order valence-corrected chi connectivity index (χ2v) is 10.4. The molecule has 1 aromatic heterocycles. The Hall–Kier alpha value is -4.04. The molecule has 1 N–H and O–H groups in total. The molecule has 0 unspecified atom stereocenters. The number of alkyl halides is 3. The lowest BCUT2D eigenvalue weighted by Crippen LogP contribution is -2.49. The SMILES string of the molecule is COCCN(CC(=O)Nc1nc(CC(=O)N2CCN(c3cccc(C(F)(F)F)c3)CC2)cs1)C(=O)c1ccc(F)cc1. The third-order valence-electron chi connectivity index (χ3n) is 6.58. The average Bonchev–Trinajstić information content (AvgIpc) is 3.41. The van der Waals surface area contributed by atoms with Gasteiger partial charge in [-0.05, 0) is 42.5 Å². The van der Waals surface area contributed by atoms with Crippen LogP contribution in [0.1, 0.15) is 21.6 Å². The lowest BCUT2D eigenvalue weighted by Gasteiger charge is -2.36. The number of carbonyl (C=O) groups excluding carboxylic acids is 3. The molecule has 224 valence electrons. The summed E-state index contributed by atoms with van der Waals surface area (Å²) >= 11 is 1.14. The molecule has 2 heterocycles. The molecular formula is C28H29F4N5O4S. The monoisotopic (exact) mass is 607 g/mol. The van der Waals surface area contributed by atoms with Gasteiger partial charge >= 0.3 is 6.18 Å². The highest BCUT2D eigenvalue weighted by Crippen LogP contribution is 2.32. The molecule has 0 saturated carbocycles. The van der Waals surface area contributed by atoms with E-state index >= 15 is 0 Å². The number of ether oxygens (including phenoxy) is 1. The highest BCUT2D eigenvalue weighted by atomic mass is 32.1. The highest BCUT2D eigenvalue weighted by molar-refractivity contribution is 7.13. The van der Waals surface area contributed by atoms with Crippen molar-refractivity contribution in [2.75, 3.05) is 63.2 Å². The third-order valence-corrected chi connectivity index (χ3v) is 7.39. The first-order valence-corrected chi connectivity index (χ1v) is 13.9. The molecular weight excluding hydrogens is 578 g/mol. The number of anilines is 2. The Kier molecular flexibility index (Phi) is 10.1. The van der Waals surface area contributed by atoms with Crippen molar-refractivity contribution in [3.8, 4) is 0 Å². The number of halogens is 4. The van der Waals surface area contributed by atoms with E-state index in [0.717, 1.165) is 35.6 Å². The third kappa shape index (κ3) is 8.26. The van der Waals surface area contributed by atoms with Crippen LogP contribution in [-0.2, 0) is 26.9 Å². The summed E-state index contributed by atoms with van der Waals surface area (Å²) in [5.74, 6) is -1.62. The van der Waals surface area contributed by atoms with Crippen LogP contribution in [-0.4, -0.2) is 85.5 Å². The van der Waals surface area contributed by atoms with Gasteiger partial charge in [0.1, 0.15) is 12.4 Å². The van der Waals surface area contributed by atoms with Crippen LogP contribution in [0.25, 0.3) is 0 Å². The van der Waals surface area contributed by atoms with Crippen molar-refractivity contribution in [2.24, 2.45) is 0 Å². The molecule has 0 aliphatic carbocycles. The predicted molar refractivity (Wildman–Crippen MR) is 149 cm³/mol. The second kappa shape index (κ2) is 13.7. The summed E-state index contributed by atoms with van der Waals surface area (Å²) in [6.07, 6.45) is -4.43. The number of thiazole rings is 1. The molecule has 3 amide bonds. The number of nitrogens with zero attached hydrogens (tertiary/aromatic N) is 4. The van der Waals surface area contributed by atoms with Crippen molar-refractivity contribution in [3.05, 3.63) is 76.5 Å².